The average molecular weight is 404 g/mol. The highest BCUT2D eigenvalue weighted by atomic mass is 35.5. The Morgan fingerprint density at radius 2 is 1.93 bits per heavy atom. The van der Waals surface area contributed by atoms with Gasteiger partial charge in [0.15, 0.2) is 0 Å². The topological polar surface area (TPSA) is 91.1 Å². The average Bonchev–Trinajstić information content (AvgIpc) is 2.96. The van der Waals surface area contributed by atoms with Crippen LogP contribution in [0.5, 0.6) is 0 Å². The van der Waals surface area contributed by atoms with Gasteiger partial charge < -0.3 is 15.6 Å². The number of carbonyl (C=O) groups excluding carboxylic acids is 2. The number of aromatic amines is 1. The fourth-order valence-electron chi connectivity index (χ4n) is 2.75. The predicted molar refractivity (Wildman–Crippen MR) is 108 cm³/mol. The Kier molecular flexibility index (Phi) is 5.62. The standard InChI is InChI=1S/C19H18ClN3O3S/c1-10-7-11(2)23-18(25)13(10)8-21-15(24)9-22-19(26)17-16(20)12-5-3-4-6-14(12)27-17/h3-7H,8-9H2,1-2H3,(H,21,24)(H,22,26)(H,23,25). The summed E-state index contributed by atoms with van der Waals surface area (Å²) in [5.41, 5.74) is 1.83. The SMILES string of the molecule is Cc1cc(C)c(CNC(=O)CNC(=O)c2sc3ccccc3c2Cl)c(=O)[nH]1. The van der Waals surface area contributed by atoms with E-state index in [4.69, 9.17) is 11.6 Å². The number of amides is 2. The summed E-state index contributed by atoms with van der Waals surface area (Å²) in [5, 5.41) is 6.41. The Balaban J connectivity index is 1.60. The molecule has 0 atom stereocenters. The summed E-state index contributed by atoms with van der Waals surface area (Å²) in [5.74, 6) is -0.791. The largest absolute Gasteiger partial charge is 0.350 e. The van der Waals surface area contributed by atoms with Gasteiger partial charge in [0.1, 0.15) is 4.88 Å². The fourth-order valence-corrected chi connectivity index (χ4v) is 4.19. The van der Waals surface area contributed by atoms with Gasteiger partial charge in [0.2, 0.25) is 5.91 Å². The number of fused-ring (bicyclic) bond motifs is 1. The summed E-state index contributed by atoms with van der Waals surface area (Å²) in [6.07, 6.45) is 0. The lowest BCUT2D eigenvalue weighted by molar-refractivity contribution is -0.120. The van der Waals surface area contributed by atoms with Gasteiger partial charge in [-0.1, -0.05) is 29.8 Å². The minimum Gasteiger partial charge on any atom is -0.350 e. The van der Waals surface area contributed by atoms with Crippen molar-refractivity contribution in [3.05, 3.63) is 67.4 Å². The van der Waals surface area contributed by atoms with Gasteiger partial charge in [-0.05, 0) is 31.5 Å². The normalized spacial score (nSPS) is 10.8. The monoisotopic (exact) mass is 403 g/mol. The zero-order valence-electron chi connectivity index (χ0n) is 14.8. The van der Waals surface area contributed by atoms with Gasteiger partial charge in [0.25, 0.3) is 11.5 Å². The molecule has 3 N–H and O–H groups in total. The molecular weight excluding hydrogens is 386 g/mol. The first-order valence-electron chi connectivity index (χ1n) is 8.28. The number of halogens is 1. The van der Waals surface area contributed by atoms with E-state index >= 15 is 0 Å². The number of thiophene rings is 1. The van der Waals surface area contributed by atoms with Gasteiger partial charge in [0, 0.05) is 27.9 Å². The molecule has 0 bridgehead atoms. The lowest BCUT2D eigenvalue weighted by Crippen LogP contribution is -2.37. The minimum absolute atomic E-state index is 0.0970. The van der Waals surface area contributed by atoms with Crippen LogP contribution in [0.3, 0.4) is 0 Å². The maximum atomic E-state index is 12.3. The van der Waals surface area contributed by atoms with Crippen molar-refractivity contribution in [3.63, 3.8) is 0 Å². The van der Waals surface area contributed by atoms with Gasteiger partial charge in [-0.15, -0.1) is 11.3 Å². The zero-order valence-corrected chi connectivity index (χ0v) is 16.4. The van der Waals surface area contributed by atoms with Crippen LogP contribution < -0.4 is 16.2 Å². The summed E-state index contributed by atoms with van der Waals surface area (Å²) in [4.78, 5) is 39.4. The van der Waals surface area contributed by atoms with Crippen LogP contribution >= 0.6 is 22.9 Å². The summed E-state index contributed by atoms with van der Waals surface area (Å²) in [6, 6.07) is 9.30. The molecule has 0 aliphatic heterocycles. The van der Waals surface area contributed by atoms with Crippen molar-refractivity contribution in [3.8, 4) is 0 Å². The lowest BCUT2D eigenvalue weighted by atomic mass is 10.1. The summed E-state index contributed by atoms with van der Waals surface area (Å²) < 4.78 is 0.908. The van der Waals surface area contributed by atoms with E-state index in [1.54, 1.807) is 6.92 Å². The third-order valence-electron chi connectivity index (χ3n) is 4.11. The van der Waals surface area contributed by atoms with Crippen molar-refractivity contribution in [1.82, 2.24) is 15.6 Å². The molecule has 0 spiro atoms. The Labute approximate surface area is 164 Å². The summed E-state index contributed by atoms with van der Waals surface area (Å²) >= 11 is 7.54. The molecule has 2 amide bonds. The van der Waals surface area contributed by atoms with Gasteiger partial charge in [-0.2, -0.15) is 0 Å². The highest BCUT2D eigenvalue weighted by Crippen LogP contribution is 2.34. The number of aromatic nitrogens is 1. The van der Waals surface area contributed by atoms with Crippen LogP contribution in [0, 0.1) is 13.8 Å². The molecule has 2 heterocycles. The first-order valence-corrected chi connectivity index (χ1v) is 9.47. The number of carbonyl (C=O) groups is 2. The number of hydrogen-bond donors (Lipinski definition) is 3. The van der Waals surface area contributed by atoms with E-state index in [-0.39, 0.29) is 24.6 Å². The van der Waals surface area contributed by atoms with Crippen molar-refractivity contribution in [1.29, 1.82) is 0 Å². The van der Waals surface area contributed by atoms with Crippen molar-refractivity contribution >= 4 is 44.8 Å². The number of benzene rings is 1. The first-order chi connectivity index (χ1) is 12.9. The van der Waals surface area contributed by atoms with Gasteiger partial charge >= 0.3 is 0 Å². The molecule has 0 saturated heterocycles. The molecule has 0 aliphatic rings. The van der Waals surface area contributed by atoms with Crippen LogP contribution in [-0.4, -0.2) is 23.3 Å². The molecular formula is C19H18ClN3O3S. The molecule has 0 radical (unpaired) electrons. The predicted octanol–water partition coefficient (Wildman–Crippen LogP) is 2.91. The number of aryl methyl sites for hydroxylation is 2. The highest BCUT2D eigenvalue weighted by Gasteiger charge is 2.17. The Morgan fingerprint density at radius 3 is 2.63 bits per heavy atom. The van der Waals surface area contributed by atoms with E-state index in [2.05, 4.69) is 15.6 Å². The Morgan fingerprint density at radius 1 is 1.19 bits per heavy atom. The van der Waals surface area contributed by atoms with Crippen LogP contribution in [0.15, 0.2) is 35.1 Å². The highest BCUT2D eigenvalue weighted by molar-refractivity contribution is 7.21. The van der Waals surface area contributed by atoms with Crippen LogP contribution in [0.25, 0.3) is 10.1 Å². The first kappa shape index (κ1) is 19.1. The molecule has 1 aromatic carbocycles. The molecule has 8 heteroatoms. The number of H-pyrrole nitrogens is 1. The van der Waals surface area contributed by atoms with Gasteiger partial charge in [-0.3, -0.25) is 14.4 Å². The third kappa shape index (κ3) is 4.20. The molecule has 2 aromatic heterocycles. The number of pyridine rings is 1. The van der Waals surface area contributed by atoms with E-state index in [0.717, 1.165) is 21.3 Å². The van der Waals surface area contributed by atoms with Gasteiger partial charge in [0.05, 0.1) is 11.6 Å². The van der Waals surface area contributed by atoms with Gasteiger partial charge in [-0.25, -0.2) is 0 Å². The number of rotatable bonds is 5. The minimum atomic E-state index is -0.402. The van der Waals surface area contributed by atoms with Crippen LogP contribution in [0.2, 0.25) is 5.02 Å². The maximum absolute atomic E-state index is 12.3. The van der Waals surface area contributed by atoms with E-state index in [1.165, 1.54) is 11.3 Å². The quantitative estimate of drug-likeness (QED) is 0.611. The molecule has 0 fully saturated rings. The second-order valence-corrected chi connectivity index (χ2v) is 7.57. The van der Waals surface area contributed by atoms with Crippen LogP contribution in [-0.2, 0) is 11.3 Å². The molecule has 3 rings (SSSR count). The zero-order chi connectivity index (χ0) is 19.6. The van der Waals surface area contributed by atoms with Crippen LogP contribution in [0.4, 0.5) is 0 Å². The third-order valence-corrected chi connectivity index (χ3v) is 5.78. The smallest absolute Gasteiger partial charge is 0.263 e. The Hall–Kier alpha value is -2.64. The van der Waals surface area contributed by atoms with E-state index in [1.807, 2.05) is 37.3 Å². The molecule has 6 nitrogen and oxygen atoms in total. The van der Waals surface area contributed by atoms with Crippen molar-refractivity contribution in [2.75, 3.05) is 6.54 Å². The second kappa shape index (κ2) is 7.94. The van der Waals surface area contributed by atoms with Crippen molar-refractivity contribution in [2.24, 2.45) is 0 Å². The molecule has 0 unspecified atom stereocenters. The number of hydrogen-bond acceptors (Lipinski definition) is 4. The molecule has 0 aliphatic carbocycles. The molecule has 27 heavy (non-hydrogen) atoms. The van der Waals surface area contributed by atoms with Crippen molar-refractivity contribution < 1.29 is 9.59 Å². The number of nitrogens with one attached hydrogen (secondary N) is 3. The molecule has 0 saturated carbocycles. The van der Waals surface area contributed by atoms with Crippen molar-refractivity contribution in [2.45, 2.75) is 20.4 Å². The van der Waals surface area contributed by atoms with E-state index < -0.39 is 5.91 Å². The fraction of sp³-hybridized carbons (Fsp3) is 0.211. The summed E-state index contributed by atoms with van der Waals surface area (Å²) in [6.45, 7) is 3.51. The molecule has 140 valence electrons. The maximum Gasteiger partial charge on any atom is 0.263 e. The Bertz CT molecular complexity index is 1090. The summed E-state index contributed by atoms with van der Waals surface area (Å²) in [7, 11) is 0. The van der Waals surface area contributed by atoms with Crippen LogP contribution in [0.1, 0.15) is 26.5 Å². The molecule has 3 aromatic rings. The second-order valence-electron chi connectivity index (χ2n) is 6.14. The lowest BCUT2D eigenvalue weighted by Gasteiger charge is -2.09. The van der Waals surface area contributed by atoms with E-state index in [9.17, 15) is 14.4 Å². The van der Waals surface area contributed by atoms with E-state index in [0.29, 0.717) is 15.5 Å².